The van der Waals surface area contributed by atoms with Gasteiger partial charge in [0.15, 0.2) is 0 Å². The fourth-order valence-electron chi connectivity index (χ4n) is 4.13. The molecule has 2 fully saturated rings. The van der Waals surface area contributed by atoms with Gasteiger partial charge in [0.05, 0.1) is 0 Å². The Morgan fingerprint density at radius 3 is 2.75 bits per heavy atom. The van der Waals surface area contributed by atoms with Crippen LogP contribution < -0.4 is 5.32 Å². The SMILES string of the molecule is CNCCc1ccccc1CN1CCC2CCCCC21. The summed E-state index contributed by atoms with van der Waals surface area (Å²) in [5.41, 5.74) is 3.08. The van der Waals surface area contributed by atoms with Crippen molar-refractivity contribution in [1.82, 2.24) is 10.2 Å². The van der Waals surface area contributed by atoms with Gasteiger partial charge in [-0.15, -0.1) is 0 Å². The van der Waals surface area contributed by atoms with Crippen LogP contribution in [0.3, 0.4) is 0 Å². The maximum Gasteiger partial charge on any atom is 0.0239 e. The van der Waals surface area contributed by atoms with Crippen LogP contribution in [0.15, 0.2) is 24.3 Å². The predicted octanol–water partition coefficient (Wildman–Crippen LogP) is 3.21. The predicted molar refractivity (Wildman–Crippen MR) is 84.8 cm³/mol. The summed E-state index contributed by atoms with van der Waals surface area (Å²) in [5, 5.41) is 3.27. The number of hydrogen-bond acceptors (Lipinski definition) is 2. The van der Waals surface area contributed by atoms with Gasteiger partial charge >= 0.3 is 0 Å². The molecule has 1 aliphatic heterocycles. The lowest BCUT2D eigenvalue weighted by molar-refractivity contribution is 0.175. The molecule has 2 aliphatic rings. The van der Waals surface area contributed by atoms with Gasteiger partial charge < -0.3 is 5.32 Å². The minimum Gasteiger partial charge on any atom is -0.319 e. The standard InChI is InChI=1S/C18H28N2/c1-19-12-10-15-6-2-3-8-17(15)14-20-13-11-16-7-4-5-9-18(16)20/h2-3,6,8,16,18-19H,4-5,7,9-14H2,1H3. The Morgan fingerprint density at radius 2 is 1.90 bits per heavy atom. The van der Waals surface area contributed by atoms with Crippen molar-refractivity contribution < 1.29 is 0 Å². The van der Waals surface area contributed by atoms with Crippen molar-refractivity contribution >= 4 is 0 Å². The number of likely N-dealkylation sites (N-methyl/N-ethyl adjacent to an activating group) is 1. The van der Waals surface area contributed by atoms with Gasteiger partial charge in [0.1, 0.15) is 0 Å². The molecule has 2 unspecified atom stereocenters. The minimum absolute atomic E-state index is 0.876. The molecule has 2 heteroatoms. The van der Waals surface area contributed by atoms with Crippen molar-refractivity contribution in [2.75, 3.05) is 20.1 Å². The van der Waals surface area contributed by atoms with Gasteiger partial charge in [-0.2, -0.15) is 0 Å². The molecule has 1 saturated heterocycles. The Morgan fingerprint density at radius 1 is 1.10 bits per heavy atom. The van der Waals surface area contributed by atoms with Crippen LogP contribution in [0.25, 0.3) is 0 Å². The topological polar surface area (TPSA) is 15.3 Å². The molecule has 0 spiro atoms. The highest BCUT2D eigenvalue weighted by Crippen LogP contribution is 2.37. The minimum atomic E-state index is 0.876. The molecule has 0 radical (unpaired) electrons. The fourth-order valence-corrected chi connectivity index (χ4v) is 4.13. The molecule has 1 heterocycles. The number of hydrogen-bond donors (Lipinski definition) is 1. The molecule has 0 aromatic heterocycles. The molecular formula is C18H28N2. The van der Waals surface area contributed by atoms with Crippen LogP contribution in [0.2, 0.25) is 0 Å². The van der Waals surface area contributed by atoms with Crippen LogP contribution in [-0.4, -0.2) is 31.1 Å². The largest absolute Gasteiger partial charge is 0.319 e. The van der Waals surface area contributed by atoms with Gasteiger partial charge in [-0.3, -0.25) is 4.90 Å². The third kappa shape index (κ3) is 3.07. The van der Waals surface area contributed by atoms with Crippen molar-refractivity contribution in [3.8, 4) is 0 Å². The lowest BCUT2D eigenvalue weighted by Crippen LogP contribution is -2.34. The molecule has 1 aliphatic carbocycles. The quantitative estimate of drug-likeness (QED) is 0.885. The van der Waals surface area contributed by atoms with E-state index in [4.69, 9.17) is 0 Å². The van der Waals surface area contributed by atoms with Crippen molar-refractivity contribution in [2.45, 2.75) is 51.1 Å². The molecular weight excluding hydrogens is 244 g/mol. The Kier molecular flexibility index (Phi) is 4.74. The summed E-state index contributed by atoms with van der Waals surface area (Å²) in [4.78, 5) is 2.77. The fraction of sp³-hybridized carbons (Fsp3) is 0.667. The molecule has 2 atom stereocenters. The summed E-state index contributed by atoms with van der Waals surface area (Å²) < 4.78 is 0. The number of nitrogens with zero attached hydrogens (tertiary/aromatic N) is 1. The Bertz CT molecular complexity index is 429. The van der Waals surface area contributed by atoms with Crippen molar-refractivity contribution in [3.05, 3.63) is 35.4 Å². The summed E-state index contributed by atoms with van der Waals surface area (Å²) in [6.45, 7) is 3.56. The van der Waals surface area contributed by atoms with E-state index in [2.05, 4.69) is 34.5 Å². The monoisotopic (exact) mass is 272 g/mol. The second kappa shape index (κ2) is 6.73. The molecule has 1 N–H and O–H groups in total. The van der Waals surface area contributed by atoms with Gasteiger partial charge in [-0.1, -0.05) is 37.1 Å². The van der Waals surface area contributed by atoms with E-state index in [1.54, 1.807) is 5.56 Å². The van der Waals surface area contributed by atoms with Crippen LogP contribution in [0.4, 0.5) is 0 Å². The summed E-state index contributed by atoms with van der Waals surface area (Å²) in [6, 6.07) is 9.90. The molecule has 3 rings (SSSR count). The van der Waals surface area contributed by atoms with Crippen LogP contribution in [0.5, 0.6) is 0 Å². The third-order valence-electron chi connectivity index (χ3n) is 5.26. The summed E-state index contributed by atoms with van der Waals surface area (Å²) in [6.07, 6.45) is 8.40. The maximum atomic E-state index is 3.27. The zero-order valence-corrected chi connectivity index (χ0v) is 12.8. The van der Waals surface area contributed by atoms with Gasteiger partial charge in [0.25, 0.3) is 0 Å². The Hall–Kier alpha value is -0.860. The van der Waals surface area contributed by atoms with E-state index >= 15 is 0 Å². The van der Waals surface area contributed by atoms with Gasteiger partial charge in [0, 0.05) is 12.6 Å². The lowest BCUT2D eigenvalue weighted by Gasteiger charge is -2.32. The van der Waals surface area contributed by atoms with E-state index in [9.17, 15) is 0 Å². The van der Waals surface area contributed by atoms with E-state index in [-0.39, 0.29) is 0 Å². The molecule has 1 saturated carbocycles. The third-order valence-corrected chi connectivity index (χ3v) is 5.26. The summed E-state index contributed by atoms with van der Waals surface area (Å²) in [7, 11) is 2.04. The smallest absolute Gasteiger partial charge is 0.0239 e. The summed E-state index contributed by atoms with van der Waals surface area (Å²) in [5.74, 6) is 0.994. The van der Waals surface area contributed by atoms with Crippen LogP contribution >= 0.6 is 0 Å². The molecule has 0 amide bonds. The second-order valence-corrected chi connectivity index (χ2v) is 6.49. The first kappa shape index (κ1) is 14.1. The number of fused-ring (bicyclic) bond motifs is 1. The second-order valence-electron chi connectivity index (χ2n) is 6.49. The molecule has 1 aromatic carbocycles. The van der Waals surface area contributed by atoms with Gasteiger partial charge in [-0.25, -0.2) is 0 Å². The van der Waals surface area contributed by atoms with Crippen LogP contribution in [0.1, 0.15) is 43.2 Å². The first-order valence-electron chi connectivity index (χ1n) is 8.34. The maximum absolute atomic E-state index is 3.27. The highest BCUT2D eigenvalue weighted by molar-refractivity contribution is 5.27. The zero-order chi connectivity index (χ0) is 13.8. The van der Waals surface area contributed by atoms with Crippen LogP contribution in [-0.2, 0) is 13.0 Å². The van der Waals surface area contributed by atoms with Crippen molar-refractivity contribution in [2.24, 2.45) is 5.92 Å². The van der Waals surface area contributed by atoms with E-state index in [0.29, 0.717) is 0 Å². The Labute approximate surface area is 123 Å². The number of benzene rings is 1. The molecule has 0 bridgehead atoms. The molecule has 1 aromatic rings. The number of nitrogens with one attached hydrogen (secondary N) is 1. The average molecular weight is 272 g/mol. The summed E-state index contributed by atoms with van der Waals surface area (Å²) >= 11 is 0. The van der Waals surface area contributed by atoms with Crippen molar-refractivity contribution in [3.63, 3.8) is 0 Å². The number of rotatable bonds is 5. The lowest BCUT2D eigenvalue weighted by atomic mass is 9.85. The highest BCUT2D eigenvalue weighted by atomic mass is 15.2. The first-order valence-corrected chi connectivity index (χ1v) is 8.34. The van der Waals surface area contributed by atoms with Gasteiger partial charge in [0.2, 0.25) is 0 Å². The highest BCUT2D eigenvalue weighted by Gasteiger charge is 2.35. The Balaban J connectivity index is 1.68. The van der Waals surface area contributed by atoms with Crippen molar-refractivity contribution in [1.29, 1.82) is 0 Å². The van der Waals surface area contributed by atoms with Gasteiger partial charge in [-0.05, 0) is 62.9 Å². The number of likely N-dealkylation sites (tertiary alicyclic amines) is 1. The first-order chi connectivity index (χ1) is 9.88. The normalized spacial score (nSPS) is 26.6. The van der Waals surface area contributed by atoms with E-state index in [1.807, 2.05) is 7.05 Å². The van der Waals surface area contributed by atoms with Crippen LogP contribution in [0, 0.1) is 5.92 Å². The molecule has 2 nitrogen and oxygen atoms in total. The zero-order valence-electron chi connectivity index (χ0n) is 12.8. The van der Waals surface area contributed by atoms with E-state index in [0.717, 1.165) is 24.9 Å². The average Bonchev–Trinajstić information content (AvgIpc) is 2.90. The van der Waals surface area contributed by atoms with E-state index in [1.165, 1.54) is 50.8 Å². The van der Waals surface area contributed by atoms with E-state index < -0.39 is 0 Å². The molecule has 110 valence electrons. The molecule has 20 heavy (non-hydrogen) atoms.